The van der Waals surface area contributed by atoms with E-state index < -0.39 is 0 Å². The molecule has 0 fully saturated rings. The van der Waals surface area contributed by atoms with Gasteiger partial charge >= 0.3 is 0 Å². The molecule has 2 N–H and O–H groups in total. The molecule has 0 radical (unpaired) electrons. The fourth-order valence-electron chi connectivity index (χ4n) is 3.99. The Morgan fingerprint density at radius 2 is 1.21 bits per heavy atom. The maximum Gasteiger partial charge on any atom is 0.256 e. The van der Waals surface area contributed by atoms with Crippen molar-refractivity contribution in [1.29, 1.82) is 0 Å². The van der Waals surface area contributed by atoms with E-state index >= 15 is 0 Å². The highest BCUT2D eigenvalue weighted by atomic mass is 32.1. The molecule has 0 bridgehead atoms. The van der Waals surface area contributed by atoms with Gasteiger partial charge in [-0.25, -0.2) is 0 Å². The van der Waals surface area contributed by atoms with Crippen molar-refractivity contribution in [1.82, 2.24) is 10.6 Å². The quantitative estimate of drug-likeness (QED) is 0.0977. The lowest BCUT2D eigenvalue weighted by Crippen LogP contribution is -2.34. The average Bonchev–Trinajstić information content (AvgIpc) is 3.76. The maximum absolute atomic E-state index is 12.6. The van der Waals surface area contributed by atoms with Crippen molar-refractivity contribution in [2.24, 2.45) is 0 Å². The molecule has 9 heteroatoms. The van der Waals surface area contributed by atoms with E-state index in [0.29, 0.717) is 13.1 Å². The van der Waals surface area contributed by atoms with Gasteiger partial charge in [0.25, 0.3) is 11.8 Å². The number of anilines is 3. The summed E-state index contributed by atoms with van der Waals surface area (Å²) in [5.74, 6) is -0.762. The normalized spacial score (nSPS) is 10.7. The number of rotatable bonds is 10. The minimum absolute atomic E-state index is 0.0981. The summed E-state index contributed by atoms with van der Waals surface area (Å²) in [4.78, 5) is 32.4. The number of thiophene rings is 4. The average molecular weight is 590 g/mol. The van der Waals surface area contributed by atoms with E-state index in [1.54, 1.807) is 51.4 Å². The number of hydrogen-bond acceptors (Lipinski definition) is 7. The molecule has 2 amide bonds. The second-order valence-electron chi connectivity index (χ2n) is 8.43. The van der Waals surface area contributed by atoms with Gasteiger partial charge in [0.15, 0.2) is 0 Å². The van der Waals surface area contributed by atoms with Gasteiger partial charge in [-0.1, -0.05) is 24.3 Å². The van der Waals surface area contributed by atoms with E-state index in [1.807, 2.05) is 38.1 Å². The summed E-state index contributed by atoms with van der Waals surface area (Å²) in [7, 11) is 0. The number of likely N-dealkylation sites (N-methyl/N-ethyl adjacent to an activating group) is 2. The van der Waals surface area contributed by atoms with Crippen LogP contribution < -0.4 is 15.5 Å². The van der Waals surface area contributed by atoms with Crippen LogP contribution in [0.1, 0.15) is 19.4 Å². The third-order valence-corrected chi connectivity index (χ3v) is 10.1. The van der Waals surface area contributed by atoms with Crippen molar-refractivity contribution in [3.63, 3.8) is 0 Å². The highest BCUT2D eigenvalue weighted by Crippen LogP contribution is 2.46. The van der Waals surface area contributed by atoms with Crippen LogP contribution in [0.25, 0.3) is 25.6 Å². The molecule has 1 aromatic carbocycles. The largest absolute Gasteiger partial charge is 0.352 e. The summed E-state index contributed by atoms with van der Waals surface area (Å²) in [6, 6.07) is 25.1. The Bertz CT molecular complexity index is 1470. The van der Waals surface area contributed by atoms with E-state index in [4.69, 9.17) is 0 Å². The molecule has 0 aliphatic carbocycles. The number of carbonyl (C=O) groups is 2. The topological polar surface area (TPSA) is 61.4 Å². The first-order chi connectivity index (χ1) is 19.1. The van der Waals surface area contributed by atoms with Gasteiger partial charge in [-0.2, -0.15) is 0 Å². The van der Waals surface area contributed by atoms with Crippen LogP contribution in [0.15, 0.2) is 89.1 Å². The van der Waals surface area contributed by atoms with E-state index in [2.05, 4.69) is 74.8 Å². The van der Waals surface area contributed by atoms with Crippen LogP contribution in [0.5, 0.6) is 0 Å². The molecule has 0 spiro atoms. The molecule has 198 valence electrons. The van der Waals surface area contributed by atoms with E-state index in [-0.39, 0.29) is 17.4 Å². The third-order valence-electron chi connectivity index (χ3n) is 5.78. The molecular formula is C30H27N3O2S4. The molecule has 0 aliphatic heterocycles. The van der Waals surface area contributed by atoms with Crippen LogP contribution in [0.4, 0.5) is 15.7 Å². The Kier molecular flexibility index (Phi) is 8.73. The SMILES string of the molecule is CCNC(=O)C(=Cc1ccc(N(c2ccc(-c3cccs3)s2)c2ccc(-c3cccs3)s2)cc1)C(=O)NCC. The summed E-state index contributed by atoms with van der Waals surface area (Å²) < 4.78 is 0. The summed E-state index contributed by atoms with van der Waals surface area (Å²) in [6.45, 7) is 4.57. The van der Waals surface area contributed by atoms with Gasteiger partial charge < -0.3 is 10.6 Å². The third kappa shape index (κ3) is 6.23. The second-order valence-corrected chi connectivity index (χ2v) is 12.5. The summed E-state index contributed by atoms with van der Waals surface area (Å²) >= 11 is 6.99. The molecule has 5 nitrogen and oxygen atoms in total. The first-order valence-electron chi connectivity index (χ1n) is 12.5. The lowest BCUT2D eigenvalue weighted by molar-refractivity contribution is -0.123. The maximum atomic E-state index is 12.6. The molecule has 0 atom stereocenters. The number of carbonyl (C=O) groups excluding carboxylic acids is 2. The molecule has 0 unspecified atom stereocenters. The lowest BCUT2D eigenvalue weighted by Gasteiger charge is -2.22. The monoisotopic (exact) mass is 589 g/mol. The lowest BCUT2D eigenvalue weighted by atomic mass is 10.1. The molecule has 0 saturated carbocycles. The number of hydrogen-bond donors (Lipinski definition) is 2. The van der Waals surface area contributed by atoms with Gasteiger partial charge in [-0.05, 0) is 84.8 Å². The fraction of sp³-hybridized carbons (Fsp3) is 0.133. The van der Waals surface area contributed by atoms with Crippen molar-refractivity contribution in [2.45, 2.75) is 13.8 Å². The van der Waals surface area contributed by atoms with Gasteiger partial charge in [0, 0.05) is 38.3 Å². The molecule has 5 rings (SSSR count). The van der Waals surface area contributed by atoms with Crippen LogP contribution >= 0.6 is 45.3 Å². The van der Waals surface area contributed by atoms with E-state index in [9.17, 15) is 9.59 Å². The second kappa shape index (κ2) is 12.6. The molecule has 4 aromatic heterocycles. The zero-order chi connectivity index (χ0) is 27.2. The Labute approximate surface area is 244 Å². The number of benzene rings is 1. The van der Waals surface area contributed by atoms with Crippen LogP contribution in [-0.2, 0) is 9.59 Å². The molecular weight excluding hydrogens is 563 g/mol. The number of amides is 2. The minimum atomic E-state index is -0.381. The molecule has 5 aromatic rings. The summed E-state index contributed by atoms with van der Waals surface area (Å²) in [6.07, 6.45) is 1.64. The van der Waals surface area contributed by atoms with Crippen molar-refractivity contribution in [3.05, 3.63) is 94.7 Å². The van der Waals surface area contributed by atoms with E-state index in [0.717, 1.165) is 21.3 Å². The van der Waals surface area contributed by atoms with Crippen LogP contribution in [0, 0.1) is 0 Å². The van der Waals surface area contributed by atoms with Crippen molar-refractivity contribution in [2.75, 3.05) is 18.0 Å². The van der Waals surface area contributed by atoms with Crippen LogP contribution in [0.3, 0.4) is 0 Å². The fourth-order valence-corrected chi connectivity index (χ4v) is 7.80. The highest BCUT2D eigenvalue weighted by molar-refractivity contribution is 7.25. The molecule has 0 saturated heterocycles. The van der Waals surface area contributed by atoms with Gasteiger partial charge in [-0.15, -0.1) is 45.3 Å². The minimum Gasteiger partial charge on any atom is -0.352 e. The Hall–Kier alpha value is -3.50. The zero-order valence-corrected chi connectivity index (χ0v) is 24.7. The van der Waals surface area contributed by atoms with Gasteiger partial charge in [0.1, 0.15) is 15.6 Å². The zero-order valence-electron chi connectivity index (χ0n) is 21.5. The predicted octanol–water partition coefficient (Wildman–Crippen LogP) is 8.39. The van der Waals surface area contributed by atoms with Crippen molar-refractivity contribution >= 4 is 78.9 Å². The van der Waals surface area contributed by atoms with Gasteiger partial charge in [0.2, 0.25) is 0 Å². The number of nitrogens with zero attached hydrogens (tertiary/aromatic N) is 1. The van der Waals surface area contributed by atoms with Gasteiger partial charge in [0.05, 0.1) is 0 Å². The Morgan fingerprint density at radius 1 is 0.692 bits per heavy atom. The molecule has 39 heavy (non-hydrogen) atoms. The first-order valence-corrected chi connectivity index (χ1v) is 15.9. The smallest absolute Gasteiger partial charge is 0.256 e. The Balaban J connectivity index is 1.51. The molecule has 0 aliphatic rings. The van der Waals surface area contributed by atoms with Crippen molar-refractivity contribution < 1.29 is 9.59 Å². The summed E-state index contributed by atoms with van der Waals surface area (Å²) in [5, 5.41) is 11.9. The Morgan fingerprint density at radius 3 is 1.64 bits per heavy atom. The standard InChI is InChI=1S/C30H27N3O2S4/c1-3-31-29(34)22(30(35)32-4-2)19-20-9-11-21(12-10-20)33(27-15-13-25(38-27)23-7-5-17-36-23)28-16-14-26(39-28)24-8-6-18-37-24/h5-19H,3-4H2,1-2H3,(H,31,34)(H,32,35). The van der Waals surface area contributed by atoms with E-state index in [1.165, 1.54) is 19.5 Å². The van der Waals surface area contributed by atoms with Crippen molar-refractivity contribution in [3.8, 4) is 19.5 Å². The highest BCUT2D eigenvalue weighted by Gasteiger charge is 2.20. The molecule has 4 heterocycles. The van der Waals surface area contributed by atoms with Gasteiger partial charge in [-0.3, -0.25) is 14.5 Å². The summed E-state index contributed by atoms with van der Waals surface area (Å²) in [5.41, 5.74) is 1.88. The van der Waals surface area contributed by atoms with Crippen LogP contribution in [0.2, 0.25) is 0 Å². The van der Waals surface area contributed by atoms with Crippen LogP contribution in [-0.4, -0.2) is 24.9 Å². The first kappa shape index (κ1) is 27.1. The number of nitrogens with one attached hydrogen (secondary N) is 2. The predicted molar refractivity (Wildman–Crippen MR) is 169 cm³/mol.